The van der Waals surface area contributed by atoms with E-state index in [-0.39, 0.29) is 5.91 Å². The molecule has 1 aliphatic rings. The van der Waals surface area contributed by atoms with Gasteiger partial charge in [-0.15, -0.1) is 32.9 Å². The van der Waals surface area contributed by atoms with Crippen molar-refractivity contribution in [3.8, 4) is 11.3 Å². The third-order valence-corrected chi connectivity index (χ3v) is 8.85. The van der Waals surface area contributed by atoms with Crippen molar-refractivity contribution in [3.63, 3.8) is 0 Å². The van der Waals surface area contributed by atoms with E-state index in [1.165, 1.54) is 33.5 Å². The minimum atomic E-state index is 0.105. The number of carbonyl (C=O) groups excluding carboxylic acids is 1. The van der Waals surface area contributed by atoms with Crippen LogP contribution in [0.25, 0.3) is 11.3 Å². The van der Waals surface area contributed by atoms with Crippen LogP contribution < -0.4 is 10.2 Å². The Morgan fingerprint density at radius 2 is 2.19 bits per heavy atom. The number of benzene rings is 1. The smallest absolute Gasteiger partial charge is 0.237 e. The molecule has 4 heterocycles. The number of anilines is 2. The molecule has 0 atom stereocenters. The van der Waals surface area contributed by atoms with Crippen LogP contribution in [-0.2, 0) is 17.6 Å². The van der Waals surface area contributed by atoms with E-state index in [0.29, 0.717) is 5.75 Å². The van der Waals surface area contributed by atoms with E-state index in [2.05, 4.69) is 61.6 Å². The normalized spacial score (nSPS) is 12.8. The Bertz CT molecular complexity index is 1220. The molecule has 0 spiro atoms. The fourth-order valence-corrected chi connectivity index (χ4v) is 6.59. The number of hydrogen-bond donors (Lipinski definition) is 1. The number of aryl methyl sites for hydroxylation is 1. The molecule has 1 aliphatic heterocycles. The predicted octanol–water partition coefficient (Wildman–Crippen LogP) is 5.37. The van der Waals surface area contributed by atoms with Crippen LogP contribution in [-0.4, -0.2) is 39.9 Å². The van der Waals surface area contributed by atoms with Gasteiger partial charge in [0.05, 0.1) is 16.5 Å². The summed E-state index contributed by atoms with van der Waals surface area (Å²) in [4.78, 5) is 20.7. The quantitative estimate of drug-likeness (QED) is 0.329. The van der Waals surface area contributed by atoms with Crippen molar-refractivity contribution in [2.45, 2.75) is 24.1 Å². The van der Waals surface area contributed by atoms with Gasteiger partial charge in [0.2, 0.25) is 11.0 Å². The number of amides is 1. The Labute approximate surface area is 202 Å². The number of nitrogens with zero attached hydrogens (tertiary/aromatic N) is 4. The van der Waals surface area contributed by atoms with Crippen molar-refractivity contribution in [2.75, 3.05) is 29.1 Å². The van der Waals surface area contributed by atoms with Crippen molar-refractivity contribution in [3.05, 3.63) is 56.5 Å². The first-order valence-corrected chi connectivity index (χ1v) is 13.8. The maximum atomic E-state index is 12.9. The second-order valence-corrected chi connectivity index (χ2v) is 11.6. The number of carbonyl (C=O) groups is 1. The van der Waals surface area contributed by atoms with Crippen LogP contribution in [0, 0.1) is 6.92 Å². The number of nitrogens with one attached hydrogen (secondary N) is 1. The van der Waals surface area contributed by atoms with E-state index in [9.17, 15) is 4.79 Å². The molecule has 6 nitrogen and oxygen atoms in total. The van der Waals surface area contributed by atoms with Crippen LogP contribution in [0.15, 0.2) is 45.4 Å². The third-order valence-electron chi connectivity index (χ3n) is 5.14. The molecule has 1 N–H and O–H groups in total. The first kappa shape index (κ1) is 21.6. The molecule has 0 unspecified atom stereocenters. The van der Waals surface area contributed by atoms with Gasteiger partial charge in [-0.25, -0.2) is 4.98 Å². The molecule has 3 aromatic heterocycles. The number of thiazole rings is 1. The lowest BCUT2D eigenvalue weighted by atomic mass is 10.1. The van der Waals surface area contributed by atoms with Crippen LogP contribution in [0.5, 0.6) is 0 Å². The van der Waals surface area contributed by atoms with Gasteiger partial charge in [-0.2, -0.15) is 0 Å². The molecule has 5 rings (SSSR count). The Kier molecular flexibility index (Phi) is 6.54. The summed E-state index contributed by atoms with van der Waals surface area (Å²) in [7, 11) is 0. The summed E-state index contributed by atoms with van der Waals surface area (Å²) < 4.78 is 0.811. The summed E-state index contributed by atoms with van der Waals surface area (Å²) in [5.74, 6) is 0.462. The molecule has 0 saturated carbocycles. The molecule has 10 heteroatoms. The van der Waals surface area contributed by atoms with E-state index in [0.717, 1.165) is 57.4 Å². The Balaban J connectivity index is 1.15. The molecule has 0 fully saturated rings. The number of hydrogen-bond acceptors (Lipinski definition) is 9. The van der Waals surface area contributed by atoms with Crippen molar-refractivity contribution in [1.29, 1.82) is 0 Å². The SMILES string of the molecule is Cc1nc(-c2ccc3c(c2)CCN3C(=O)CSc2nnc(NCCc3cccs3)s2)cs1. The lowest BCUT2D eigenvalue weighted by molar-refractivity contribution is -0.116. The molecule has 4 aromatic rings. The summed E-state index contributed by atoms with van der Waals surface area (Å²) in [6.07, 6.45) is 1.84. The summed E-state index contributed by atoms with van der Waals surface area (Å²) in [5.41, 5.74) is 4.34. The van der Waals surface area contributed by atoms with Crippen molar-refractivity contribution in [1.82, 2.24) is 15.2 Å². The van der Waals surface area contributed by atoms with Crippen molar-refractivity contribution < 1.29 is 4.79 Å². The number of thioether (sulfide) groups is 1. The summed E-state index contributed by atoms with van der Waals surface area (Å²) in [5, 5.41) is 17.8. The third kappa shape index (κ3) is 4.88. The van der Waals surface area contributed by atoms with E-state index in [1.807, 2.05) is 11.8 Å². The van der Waals surface area contributed by atoms with Gasteiger partial charge >= 0.3 is 0 Å². The van der Waals surface area contributed by atoms with E-state index < -0.39 is 0 Å². The molecule has 32 heavy (non-hydrogen) atoms. The molecule has 0 bridgehead atoms. The highest BCUT2D eigenvalue weighted by Gasteiger charge is 2.25. The van der Waals surface area contributed by atoms with Gasteiger partial charge in [0.1, 0.15) is 0 Å². The van der Waals surface area contributed by atoms with Crippen LogP contribution in [0.1, 0.15) is 15.4 Å². The van der Waals surface area contributed by atoms with Crippen molar-refractivity contribution >= 4 is 62.5 Å². The number of rotatable bonds is 8. The first-order chi connectivity index (χ1) is 15.7. The first-order valence-electron chi connectivity index (χ1n) is 10.2. The van der Waals surface area contributed by atoms with Crippen molar-refractivity contribution in [2.24, 2.45) is 0 Å². The number of aromatic nitrogens is 3. The predicted molar refractivity (Wildman–Crippen MR) is 135 cm³/mol. The van der Waals surface area contributed by atoms with Gasteiger partial charge < -0.3 is 10.2 Å². The Morgan fingerprint density at radius 3 is 3.00 bits per heavy atom. The van der Waals surface area contributed by atoms with Crippen LogP contribution in [0.3, 0.4) is 0 Å². The zero-order chi connectivity index (χ0) is 21.9. The standard InChI is InChI=1S/C22H21N5OS4/c1-14-24-18(12-30-14)15-4-5-19-16(11-15)7-9-27(19)20(28)13-31-22-26-25-21(32-22)23-8-6-17-3-2-10-29-17/h2-5,10-12H,6-9,13H2,1H3,(H,23,25). The second-order valence-electron chi connectivity index (χ2n) is 7.31. The average molecular weight is 500 g/mol. The highest BCUT2D eigenvalue weighted by atomic mass is 32.2. The van der Waals surface area contributed by atoms with Gasteiger partial charge in [0.15, 0.2) is 4.34 Å². The molecule has 0 radical (unpaired) electrons. The molecule has 0 aliphatic carbocycles. The highest BCUT2D eigenvalue weighted by Crippen LogP contribution is 2.34. The van der Waals surface area contributed by atoms with Gasteiger partial charge in [-0.1, -0.05) is 35.2 Å². The fourth-order valence-electron chi connectivity index (χ4n) is 3.60. The Hall–Kier alpha value is -2.27. The lowest BCUT2D eigenvalue weighted by Crippen LogP contribution is -2.30. The van der Waals surface area contributed by atoms with Crippen LogP contribution in [0.2, 0.25) is 0 Å². The van der Waals surface area contributed by atoms with Gasteiger partial charge in [-0.3, -0.25) is 4.79 Å². The molecule has 1 aromatic carbocycles. The fraction of sp³-hybridized carbons (Fsp3) is 0.273. The van der Waals surface area contributed by atoms with Gasteiger partial charge in [0, 0.05) is 34.6 Å². The zero-order valence-electron chi connectivity index (χ0n) is 17.4. The zero-order valence-corrected chi connectivity index (χ0v) is 20.7. The lowest BCUT2D eigenvalue weighted by Gasteiger charge is -2.17. The summed E-state index contributed by atoms with van der Waals surface area (Å²) in [6, 6.07) is 10.5. The molecule has 0 saturated heterocycles. The van der Waals surface area contributed by atoms with E-state index in [4.69, 9.17) is 0 Å². The van der Waals surface area contributed by atoms with Gasteiger partial charge in [-0.05, 0) is 48.9 Å². The van der Waals surface area contributed by atoms with Crippen LogP contribution in [0.4, 0.5) is 10.8 Å². The monoisotopic (exact) mass is 499 g/mol. The summed E-state index contributed by atoms with van der Waals surface area (Å²) in [6.45, 7) is 3.56. The maximum absolute atomic E-state index is 12.9. The largest absolute Gasteiger partial charge is 0.360 e. The topological polar surface area (TPSA) is 71.0 Å². The van der Waals surface area contributed by atoms with E-state index >= 15 is 0 Å². The molecule has 164 valence electrons. The molecular weight excluding hydrogens is 479 g/mol. The highest BCUT2D eigenvalue weighted by molar-refractivity contribution is 8.01. The molecular formula is C22H21N5OS4. The Morgan fingerprint density at radius 1 is 1.25 bits per heavy atom. The average Bonchev–Trinajstić information content (AvgIpc) is 3.59. The molecule has 1 amide bonds. The maximum Gasteiger partial charge on any atom is 0.237 e. The second kappa shape index (κ2) is 9.70. The van der Waals surface area contributed by atoms with Gasteiger partial charge in [0.25, 0.3) is 0 Å². The summed E-state index contributed by atoms with van der Waals surface area (Å²) >= 11 is 6.37. The van der Waals surface area contributed by atoms with E-state index in [1.54, 1.807) is 22.7 Å². The minimum absolute atomic E-state index is 0.105. The number of fused-ring (bicyclic) bond motifs is 1. The number of thiophene rings is 1. The minimum Gasteiger partial charge on any atom is -0.360 e. The van der Waals surface area contributed by atoms with Crippen LogP contribution >= 0.6 is 45.8 Å².